The lowest BCUT2D eigenvalue weighted by Crippen LogP contribution is -2.31. The molecule has 3 nitrogen and oxygen atoms in total. The Morgan fingerprint density at radius 2 is 1.88 bits per heavy atom. The van der Waals surface area contributed by atoms with Crippen molar-refractivity contribution in [1.29, 1.82) is 0 Å². The van der Waals surface area contributed by atoms with E-state index in [9.17, 15) is 8.42 Å². The minimum absolute atomic E-state index is 0.269. The van der Waals surface area contributed by atoms with Crippen LogP contribution in [-0.4, -0.2) is 33.0 Å². The van der Waals surface area contributed by atoms with E-state index >= 15 is 0 Å². The molecule has 1 aliphatic carbocycles. The van der Waals surface area contributed by atoms with E-state index in [4.69, 9.17) is 0 Å². The summed E-state index contributed by atoms with van der Waals surface area (Å²) in [5.41, 5.74) is 0.462. The van der Waals surface area contributed by atoms with Gasteiger partial charge in [0.1, 0.15) is 9.84 Å². The van der Waals surface area contributed by atoms with Gasteiger partial charge in [0.2, 0.25) is 0 Å². The third-order valence-electron chi connectivity index (χ3n) is 3.61. The molecule has 4 heteroatoms. The van der Waals surface area contributed by atoms with Crippen LogP contribution in [0.5, 0.6) is 0 Å². The van der Waals surface area contributed by atoms with Gasteiger partial charge in [-0.05, 0) is 31.2 Å². The fourth-order valence-corrected chi connectivity index (χ4v) is 3.23. The lowest BCUT2D eigenvalue weighted by molar-refractivity contribution is 0.316. The van der Waals surface area contributed by atoms with Gasteiger partial charge in [0.15, 0.2) is 0 Å². The van der Waals surface area contributed by atoms with Gasteiger partial charge in [-0.2, -0.15) is 0 Å². The highest BCUT2D eigenvalue weighted by Crippen LogP contribution is 2.36. The molecule has 1 N–H and O–H groups in total. The van der Waals surface area contributed by atoms with E-state index in [-0.39, 0.29) is 5.75 Å². The van der Waals surface area contributed by atoms with Gasteiger partial charge in [-0.3, -0.25) is 0 Å². The van der Waals surface area contributed by atoms with Gasteiger partial charge in [-0.15, -0.1) is 0 Å². The second-order valence-electron chi connectivity index (χ2n) is 5.28. The van der Waals surface area contributed by atoms with Crippen molar-refractivity contribution in [2.75, 3.05) is 24.6 Å². The third-order valence-corrected chi connectivity index (χ3v) is 5.40. The zero-order valence-corrected chi connectivity index (χ0v) is 11.4. The average molecular weight is 247 g/mol. The van der Waals surface area contributed by atoms with E-state index in [1.807, 2.05) is 0 Å². The van der Waals surface area contributed by atoms with Gasteiger partial charge in [-0.25, -0.2) is 8.42 Å². The first-order chi connectivity index (χ1) is 7.47. The molecular formula is C12H25NO2S. The molecule has 0 aromatic carbocycles. The first-order valence-electron chi connectivity index (χ1n) is 6.39. The smallest absolute Gasteiger partial charge is 0.150 e. The first-order valence-corrected chi connectivity index (χ1v) is 8.21. The van der Waals surface area contributed by atoms with Crippen molar-refractivity contribution in [3.63, 3.8) is 0 Å². The molecule has 96 valence electrons. The van der Waals surface area contributed by atoms with E-state index in [0.29, 0.717) is 11.2 Å². The SMILES string of the molecule is CCS(=O)(=O)CCCNCC1(C)CCCC1. The van der Waals surface area contributed by atoms with Gasteiger partial charge in [0, 0.05) is 12.3 Å². The molecule has 0 aliphatic heterocycles. The van der Waals surface area contributed by atoms with Crippen molar-refractivity contribution in [3.8, 4) is 0 Å². The Bertz CT molecular complexity index is 292. The average Bonchev–Trinajstić information content (AvgIpc) is 2.65. The largest absolute Gasteiger partial charge is 0.316 e. The Kier molecular flexibility index (Phi) is 5.25. The fourth-order valence-electron chi connectivity index (χ4n) is 2.36. The van der Waals surface area contributed by atoms with Crippen LogP contribution in [0.25, 0.3) is 0 Å². The Balaban J connectivity index is 2.08. The molecule has 0 unspecified atom stereocenters. The van der Waals surface area contributed by atoms with E-state index in [0.717, 1.165) is 19.5 Å². The highest BCUT2D eigenvalue weighted by atomic mass is 32.2. The van der Waals surface area contributed by atoms with Gasteiger partial charge in [0.25, 0.3) is 0 Å². The summed E-state index contributed by atoms with van der Waals surface area (Å²) < 4.78 is 22.5. The molecule has 0 atom stereocenters. The number of rotatable bonds is 7. The van der Waals surface area contributed by atoms with Crippen molar-refractivity contribution in [2.45, 2.75) is 46.0 Å². The van der Waals surface area contributed by atoms with Crippen LogP contribution in [0.15, 0.2) is 0 Å². The number of sulfone groups is 1. The quantitative estimate of drug-likeness (QED) is 0.700. The van der Waals surface area contributed by atoms with Gasteiger partial charge in [-0.1, -0.05) is 26.7 Å². The number of hydrogen-bond donors (Lipinski definition) is 1. The topological polar surface area (TPSA) is 46.2 Å². The molecule has 1 saturated carbocycles. The van der Waals surface area contributed by atoms with Crippen LogP contribution in [0.3, 0.4) is 0 Å². The normalized spacial score (nSPS) is 20.1. The summed E-state index contributed by atoms with van der Waals surface area (Å²) in [5.74, 6) is 0.595. The third kappa shape index (κ3) is 4.83. The Hall–Kier alpha value is -0.0900. The Morgan fingerprint density at radius 1 is 1.25 bits per heavy atom. The van der Waals surface area contributed by atoms with Crippen molar-refractivity contribution >= 4 is 9.84 Å². The van der Waals surface area contributed by atoms with Crippen LogP contribution in [0.4, 0.5) is 0 Å². The zero-order chi connectivity index (χ0) is 12.1. The molecule has 0 saturated heterocycles. The maximum absolute atomic E-state index is 11.3. The standard InChI is InChI=1S/C12H25NO2S/c1-3-16(14,15)10-6-9-13-11-12(2)7-4-5-8-12/h13H,3-11H2,1-2H3. The summed E-state index contributed by atoms with van der Waals surface area (Å²) in [7, 11) is -2.77. The molecule has 0 aromatic rings. The van der Waals surface area contributed by atoms with Gasteiger partial charge >= 0.3 is 0 Å². The summed E-state index contributed by atoms with van der Waals surface area (Å²) in [6.45, 7) is 5.91. The summed E-state index contributed by atoms with van der Waals surface area (Å²) in [6, 6.07) is 0. The molecule has 0 radical (unpaired) electrons. The lowest BCUT2D eigenvalue weighted by atomic mass is 9.89. The van der Waals surface area contributed by atoms with Crippen LogP contribution < -0.4 is 5.32 Å². The van der Waals surface area contributed by atoms with Crippen LogP contribution in [0, 0.1) is 5.41 Å². The second kappa shape index (κ2) is 6.01. The number of nitrogens with one attached hydrogen (secondary N) is 1. The van der Waals surface area contributed by atoms with Crippen molar-refractivity contribution in [2.24, 2.45) is 5.41 Å². The van der Waals surface area contributed by atoms with E-state index in [1.165, 1.54) is 25.7 Å². The highest BCUT2D eigenvalue weighted by molar-refractivity contribution is 7.91. The first kappa shape index (κ1) is 14.0. The van der Waals surface area contributed by atoms with Crippen LogP contribution in [0.1, 0.15) is 46.0 Å². The van der Waals surface area contributed by atoms with E-state index in [2.05, 4.69) is 12.2 Å². The summed E-state index contributed by atoms with van der Waals surface area (Å²) >= 11 is 0. The molecule has 1 rings (SSSR count). The maximum atomic E-state index is 11.3. The maximum Gasteiger partial charge on any atom is 0.150 e. The molecule has 16 heavy (non-hydrogen) atoms. The molecule has 1 fully saturated rings. The van der Waals surface area contributed by atoms with Gasteiger partial charge < -0.3 is 5.32 Å². The summed E-state index contributed by atoms with van der Waals surface area (Å²) in [6.07, 6.45) is 6.07. The second-order valence-corrected chi connectivity index (χ2v) is 7.76. The van der Waals surface area contributed by atoms with E-state index < -0.39 is 9.84 Å². The minimum atomic E-state index is -2.77. The molecule has 0 spiro atoms. The Labute approximate surface area is 99.9 Å². The van der Waals surface area contributed by atoms with Crippen molar-refractivity contribution in [3.05, 3.63) is 0 Å². The molecule has 1 aliphatic rings. The minimum Gasteiger partial charge on any atom is -0.316 e. The zero-order valence-electron chi connectivity index (χ0n) is 10.6. The van der Waals surface area contributed by atoms with Crippen molar-refractivity contribution in [1.82, 2.24) is 5.32 Å². The lowest BCUT2D eigenvalue weighted by Gasteiger charge is -2.23. The summed E-state index contributed by atoms with van der Waals surface area (Å²) in [4.78, 5) is 0. The predicted molar refractivity (Wildman–Crippen MR) is 68.4 cm³/mol. The Morgan fingerprint density at radius 3 is 2.44 bits per heavy atom. The molecule has 0 aromatic heterocycles. The van der Waals surface area contributed by atoms with Crippen LogP contribution in [-0.2, 0) is 9.84 Å². The number of hydrogen-bond acceptors (Lipinski definition) is 3. The highest BCUT2D eigenvalue weighted by Gasteiger charge is 2.27. The monoisotopic (exact) mass is 247 g/mol. The fraction of sp³-hybridized carbons (Fsp3) is 1.00. The van der Waals surface area contributed by atoms with E-state index in [1.54, 1.807) is 6.92 Å². The van der Waals surface area contributed by atoms with Crippen molar-refractivity contribution < 1.29 is 8.42 Å². The van der Waals surface area contributed by atoms with Crippen LogP contribution >= 0.6 is 0 Å². The molecular weight excluding hydrogens is 222 g/mol. The predicted octanol–water partition coefficient (Wildman–Crippen LogP) is 1.98. The molecule has 0 heterocycles. The molecule has 0 bridgehead atoms. The summed E-state index contributed by atoms with van der Waals surface area (Å²) in [5, 5.41) is 3.40. The van der Waals surface area contributed by atoms with Gasteiger partial charge in [0.05, 0.1) is 5.75 Å². The molecule has 0 amide bonds. The van der Waals surface area contributed by atoms with Crippen LogP contribution in [0.2, 0.25) is 0 Å².